The van der Waals surface area contributed by atoms with E-state index in [9.17, 15) is 0 Å². The molecule has 1 N–H and O–H groups in total. The van der Waals surface area contributed by atoms with Gasteiger partial charge in [-0.3, -0.25) is 0 Å². The number of hydrogen-bond acceptors (Lipinski definition) is 4. The molecule has 4 heteroatoms. The quantitative estimate of drug-likeness (QED) is 0.230. The van der Waals surface area contributed by atoms with Crippen molar-refractivity contribution in [1.29, 1.82) is 0 Å². The Morgan fingerprint density at radius 2 is 1.52 bits per heavy atom. The van der Waals surface area contributed by atoms with Gasteiger partial charge in [0.05, 0.1) is 6.61 Å². The lowest BCUT2D eigenvalue weighted by Crippen LogP contribution is -2.73. The molecule has 3 fully saturated rings. The highest BCUT2D eigenvalue weighted by Crippen LogP contribution is 2.77. The molecule has 10 atom stereocenters. The predicted octanol–water partition coefficient (Wildman–Crippen LogP) is 7.50. The van der Waals surface area contributed by atoms with Crippen LogP contribution in [0.5, 0.6) is 0 Å². The van der Waals surface area contributed by atoms with Crippen molar-refractivity contribution in [2.24, 2.45) is 75.4 Å². The van der Waals surface area contributed by atoms with E-state index in [0.29, 0.717) is 17.9 Å². The van der Waals surface area contributed by atoms with Crippen LogP contribution in [0.4, 0.5) is 0 Å². The summed E-state index contributed by atoms with van der Waals surface area (Å²) in [4.78, 5) is 4.83. The van der Waals surface area contributed by atoms with Crippen LogP contribution in [-0.2, 0) is 15.0 Å². The molecule has 3 aliphatic rings. The van der Waals surface area contributed by atoms with Crippen LogP contribution >= 0.6 is 0 Å². The number of rotatable bonds is 9. The highest BCUT2D eigenvalue weighted by Gasteiger charge is 2.72. The zero-order valence-corrected chi connectivity index (χ0v) is 22.1. The minimum Gasteiger partial charge on any atom is -0.219 e. The maximum Gasteiger partial charge on any atom is 0.0855 e. The zero-order chi connectivity index (χ0) is 23.5. The van der Waals surface area contributed by atoms with Crippen molar-refractivity contribution in [1.82, 2.24) is 0 Å². The standard InChI is InChI=1S/C27H50O4/c1-15-16(2)21-22(24-23(21)18(4)26(24,8)9)17(3)20(15)19(5)27(10,11)25(6,7)13-12-14-29-31-30-28/h15-24,28H,12-14H2,1-11H3. The highest BCUT2D eigenvalue weighted by atomic mass is 17.6. The Labute approximate surface area is 191 Å². The molecule has 4 nitrogen and oxygen atoms in total. The molecule has 0 heterocycles. The van der Waals surface area contributed by atoms with E-state index < -0.39 is 0 Å². The van der Waals surface area contributed by atoms with Gasteiger partial charge in [-0.25, -0.2) is 10.1 Å². The Morgan fingerprint density at radius 1 is 0.903 bits per heavy atom. The second-order valence-corrected chi connectivity index (χ2v) is 13.5. The smallest absolute Gasteiger partial charge is 0.0855 e. The average molecular weight is 439 g/mol. The summed E-state index contributed by atoms with van der Waals surface area (Å²) < 4.78 is 0. The molecule has 0 aromatic heterocycles. The molecule has 0 saturated heterocycles. The van der Waals surface area contributed by atoms with Gasteiger partial charge in [-0.1, -0.05) is 76.2 Å². The summed E-state index contributed by atoms with van der Waals surface area (Å²) in [5.74, 6) is 8.48. The summed E-state index contributed by atoms with van der Waals surface area (Å²) in [6, 6.07) is 0. The van der Waals surface area contributed by atoms with E-state index in [-0.39, 0.29) is 10.8 Å². The van der Waals surface area contributed by atoms with E-state index >= 15 is 0 Å². The van der Waals surface area contributed by atoms with Crippen molar-refractivity contribution in [2.75, 3.05) is 6.61 Å². The zero-order valence-electron chi connectivity index (χ0n) is 22.1. The lowest BCUT2D eigenvalue weighted by Gasteiger charge is -2.78. The highest BCUT2D eigenvalue weighted by molar-refractivity contribution is 5.19. The molecular formula is C27H50O4. The summed E-state index contributed by atoms with van der Waals surface area (Å²) >= 11 is 0. The van der Waals surface area contributed by atoms with Crippen LogP contribution in [0, 0.1) is 75.4 Å². The third kappa shape index (κ3) is 3.72. The third-order valence-corrected chi connectivity index (χ3v) is 12.2. The molecule has 31 heavy (non-hydrogen) atoms. The maximum absolute atomic E-state index is 8.23. The molecule has 0 spiro atoms. The van der Waals surface area contributed by atoms with Crippen molar-refractivity contribution in [3.8, 4) is 0 Å². The van der Waals surface area contributed by atoms with Gasteiger partial charge in [-0.15, -0.1) is 0 Å². The predicted molar refractivity (Wildman–Crippen MR) is 125 cm³/mol. The van der Waals surface area contributed by atoms with Gasteiger partial charge in [0.1, 0.15) is 0 Å². The van der Waals surface area contributed by atoms with Gasteiger partial charge in [-0.05, 0) is 98.3 Å². The summed E-state index contributed by atoms with van der Waals surface area (Å²) in [7, 11) is 0. The Balaban J connectivity index is 1.74. The van der Waals surface area contributed by atoms with Crippen LogP contribution in [0.3, 0.4) is 0 Å². The largest absolute Gasteiger partial charge is 0.219 e. The monoisotopic (exact) mass is 438 g/mol. The van der Waals surface area contributed by atoms with Crippen molar-refractivity contribution < 1.29 is 20.2 Å². The molecule has 0 bridgehead atoms. The first-order chi connectivity index (χ1) is 14.2. The van der Waals surface area contributed by atoms with E-state index in [1.165, 1.54) is 0 Å². The van der Waals surface area contributed by atoms with Crippen LogP contribution in [-0.4, -0.2) is 11.9 Å². The van der Waals surface area contributed by atoms with E-state index in [0.717, 1.165) is 66.1 Å². The van der Waals surface area contributed by atoms with Crippen LogP contribution in [0.2, 0.25) is 0 Å². The summed E-state index contributed by atoms with van der Waals surface area (Å²) in [5, 5.41) is 15.9. The summed E-state index contributed by atoms with van der Waals surface area (Å²) in [6.45, 7) is 28.1. The molecule has 182 valence electrons. The fourth-order valence-electron chi connectivity index (χ4n) is 8.94. The lowest BCUT2D eigenvalue weighted by molar-refractivity contribution is -0.623. The summed E-state index contributed by atoms with van der Waals surface area (Å²) in [5.41, 5.74) is 0.887. The van der Waals surface area contributed by atoms with Crippen molar-refractivity contribution >= 4 is 0 Å². The minimum atomic E-state index is 0.168. The second-order valence-electron chi connectivity index (χ2n) is 13.5. The van der Waals surface area contributed by atoms with Crippen LogP contribution in [0.1, 0.15) is 89.0 Å². The van der Waals surface area contributed by atoms with Gasteiger partial charge in [0.2, 0.25) is 0 Å². The molecule has 0 aliphatic heterocycles. The molecule has 0 aromatic carbocycles. The molecule has 3 saturated carbocycles. The van der Waals surface area contributed by atoms with Gasteiger partial charge >= 0.3 is 0 Å². The Kier molecular flexibility index (Phi) is 7.03. The van der Waals surface area contributed by atoms with Gasteiger partial charge in [0.15, 0.2) is 0 Å². The Bertz CT molecular complexity index is 627. The third-order valence-electron chi connectivity index (χ3n) is 12.2. The van der Waals surface area contributed by atoms with Crippen LogP contribution in [0.25, 0.3) is 0 Å². The van der Waals surface area contributed by atoms with Crippen LogP contribution in [0.15, 0.2) is 0 Å². The van der Waals surface area contributed by atoms with Crippen LogP contribution < -0.4 is 0 Å². The molecule has 3 rings (SSSR count). The lowest BCUT2D eigenvalue weighted by atomic mass is 9.27. The first-order valence-electron chi connectivity index (χ1n) is 12.8. The first-order valence-corrected chi connectivity index (χ1v) is 12.8. The molecule has 3 aliphatic carbocycles. The Morgan fingerprint density at radius 3 is 2.10 bits per heavy atom. The van der Waals surface area contributed by atoms with Gasteiger partial charge in [0, 0.05) is 0 Å². The van der Waals surface area contributed by atoms with Crippen molar-refractivity contribution in [3.05, 3.63) is 0 Å². The van der Waals surface area contributed by atoms with Crippen molar-refractivity contribution in [2.45, 2.75) is 89.0 Å². The normalized spacial score (nSPS) is 42.8. The molecule has 0 radical (unpaired) electrons. The van der Waals surface area contributed by atoms with E-state index in [1.807, 2.05) is 0 Å². The second kappa shape index (κ2) is 8.56. The summed E-state index contributed by atoms with van der Waals surface area (Å²) in [6.07, 6.45) is 1.92. The molecule has 0 amide bonds. The molecule has 10 unspecified atom stereocenters. The van der Waals surface area contributed by atoms with Crippen molar-refractivity contribution in [3.63, 3.8) is 0 Å². The van der Waals surface area contributed by atoms with Gasteiger partial charge < -0.3 is 0 Å². The topological polar surface area (TPSA) is 47.9 Å². The van der Waals surface area contributed by atoms with E-state index in [4.69, 9.17) is 10.1 Å². The average Bonchev–Trinajstić information content (AvgIpc) is 2.65. The maximum atomic E-state index is 8.23. The van der Waals surface area contributed by atoms with Gasteiger partial charge in [0.25, 0.3) is 0 Å². The van der Waals surface area contributed by atoms with E-state index in [2.05, 4.69) is 86.2 Å². The fourth-order valence-corrected chi connectivity index (χ4v) is 8.94. The SMILES string of the molecule is CC1C(C)C(C(C)C(C)(C)C(C)(C)CCCOOOO)C(C)C2C1C1C(C)C(C)(C)C21. The molecule has 0 aromatic rings. The minimum absolute atomic E-state index is 0.168. The Hall–Kier alpha value is -0.160. The van der Waals surface area contributed by atoms with E-state index in [1.54, 1.807) is 0 Å². The molecular weight excluding hydrogens is 388 g/mol. The fraction of sp³-hybridized carbons (Fsp3) is 1.00. The first kappa shape index (κ1) is 25.5. The number of fused-ring (bicyclic) bond motifs is 4. The number of hydrogen-bond donors (Lipinski definition) is 1. The van der Waals surface area contributed by atoms with Gasteiger partial charge in [-0.2, -0.15) is 0 Å².